The van der Waals surface area contributed by atoms with E-state index in [1.165, 1.54) is 14.7 Å². The highest BCUT2D eigenvalue weighted by molar-refractivity contribution is 6.22. The lowest BCUT2D eigenvalue weighted by Gasteiger charge is -2.25. The summed E-state index contributed by atoms with van der Waals surface area (Å²) in [6.07, 6.45) is 8.61. The van der Waals surface area contributed by atoms with Gasteiger partial charge >= 0.3 is 0 Å². The highest BCUT2D eigenvalue weighted by Gasteiger charge is 2.50. The van der Waals surface area contributed by atoms with E-state index in [1.807, 2.05) is 244 Å². The van der Waals surface area contributed by atoms with Crippen LogP contribution in [0.4, 0.5) is 11.4 Å². The second-order valence-corrected chi connectivity index (χ2v) is 53.7. The van der Waals surface area contributed by atoms with Crippen LogP contribution in [0.3, 0.4) is 0 Å². The molecule has 1 N–H and O–H groups in total. The molecule has 23 nitrogen and oxygen atoms in total. The summed E-state index contributed by atoms with van der Waals surface area (Å²) in [7, 11) is 0. The molecule has 4 heterocycles. The van der Waals surface area contributed by atoms with Gasteiger partial charge in [0.05, 0.1) is 41.6 Å². The predicted molar refractivity (Wildman–Crippen MR) is 557 cm³/mol. The number of imide groups is 4. The molecule has 0 bridgehead atoms. The maximum atomic E-state index is 12.7. The Hall–Kier alpha value is -9.28. The summed E-state index contributed by atoms with van der Waals surface area (Å²) in [5.74, 6) is -1.23. The smallest absolute Gasteiger partial charge is 0.237 e. The second kappa shape index (κ2) is 50.6. The van der Waals surface area contributed by atoms with Gasteiger partial charge in [0.1, 0.15) is 34.7 Å². The number of benzene rings is 3. The van der Waals surface area contributed by atoms with Crippen LogP contribution in [0.2, 0.25) is 0 Å². The van der Waals surface area contributed by atoms with E-state index in [-0.39, 0.29) is 233 Å². The Morgan fingerprint density at radius 2 is 0.640 bits per heavy atom. The molecule has 4 aliphatic rings. The summed E-state index contributed by atoms with van der Waals surface area (Å²) in [6.45, 7) is 82.6. The molecule has 0 aliphatic carbocycles. The molecule has 4 fully saturated rings. The summed E-state index contributed by atoms with van der Waals surface area (Å²) < 4.78 is 0. The highest BCUT2D eigenvalue weighted by atomic mass is 16.2. The van der Waals surface area contributed by atoms with E-state index < -0.39 is 10.8 Å². The summed E-state index contributed by atoms with van der Waals surface area (Å²) in [4.78, 5) is 222. The zero-order valence-corrected chi connectivity index (χ0v) is 94.0. The fraction of sp³-hybridized carbons (Fsp3) is 0.690. The van der Waals surface area contributed by atoms with E-state index in [1.54, 1.807) is 57.2 Å². The van der Waals surface area contributed by atoms with Crippen molar-refractivity contribution in [3.05, 3.63) is 95.1 Å². The van der Waals surface area contributed by atoms with Crippen molar-refractivity contribution in [3.8, 4) is 0 Å². The molecule has 3 aromatic carbocycles. The minimum absolute atomic E-state index is 0.00850. The van der Waals surface area contributed by atoms with Gasteiger partial charge in [-0.15, -0.1) is 0 Å². The number of amides is 9. The Kier molecular flexibility index (Phi) is 46.5. The molecular weight excluding hydrogens is 1750 g/mol. The van der Waals surface area contributed by atoms with Crippen LogP contribution in [-0.2, 0) is 89.6 Å². The first-order chi connectivity index (χ1) is 62.3. The van der Waals surface area contributed by atoms with Gasteiger partial charge in [-0.1, -0.05) is 346 Å². The normalized spacial score (nSPS) is 17.1. The second-order valence-electron chi connectivity index (χ2n) is 53.7. The monoisotopic (exact) mass is 1930 g/mol. The number of carbonyl (C=O) groups excluding carboxylic acids is 18. The molecule has 3 aromatic rings. The standard InChI is InChI=1S/C21H36N2O4.C20H27NO3.C19H25NO3.C18H26O2.C14H23NO3.C14H26O2.C10H20O/c1-20(2,3)15-14-18(26)23(19(15)27)13-11-17(25)22-12-9-7-8-10-16(24)21(4,5)6;1-19(2,3)15-12-17(23)21(18(15)24)14-9-7-13(8-10-14)11-16(22)20(4,5)6;1-18(2,3)14-11-15(21)20(17(14)23)13-9-7-8-12(10-13)16(22)19(4,5)6;1-17(2,3)12-15(19)11-13-7-9-14(10-8-13)16(20)18(4,5)6;1-13(2,3)9-7-11(17)15(12(9)18)8-10(16)14(4,5)6;1-13(2,3)10-11(15)8-7-9-12(16)14(4,5)6;1-9(2,3)7-8(11)10(4,5)6/h15H,7-14H2,1-6H3,(H,22,25);7-10,15H,11-12H2,1-6H3;7-10,14H,11H2,1-6H3;7-10H,11-12H2,1-6H3;9H,7-8H2,1-6H3;7-10H2,1-6H3;7H2,1-6H3. The molecule has 4 unspecified atom stereocenters. The molecule has 139 heavy (non-hydrogen) atoms. The van der Waals surface area contributed by atoms with Gasteiger partial charge < -0.3 is 5.32 Å². The average molecular weight is 1940 g/mol. The maximum absolute atomic E-state index is 12.7. The van der Waals surface area contributed by atoms with Crippen molar-refractivity contribution < 1.29 is 86.3 Å². The number of rotatable bonds is 26. The molecule has 780 valence electrons. The lowest BCUT2D eigenvalue weighted by molar-refractivity contribution is -0.145. The molecule has 9 amide bonds. The highest BCUT2D eigenvalue weighted by Crippen LogP contribution is 2.42. The van der Waals surface area contributed by atoms with Crippen molar-refractivity contribution >= 4 is 117 Å². The van der Waals surface area contributed by atoms with Gasteiger partial charge in [-0.2, -0.15) is 0 Å². The number of hydrogen-bond donors (Lipinski definition) is 1. The minimum Gasteiger partial charge on any atom is -0.356 e. The van der Waals surface area contributed by atoms with Gasteiger partial charge in [-0.25, -0.2) is 0 Å². The molecule has 0 radical (unpaired) electrons. The Bertz CT molecular complexity index is 4800. The number of nitrogens with one attached hydrogen (secondary N) is 1. The predicted octanol–water partition coefficient (Wildman–Crippen LogP) is 24.0. The van der Waals surface area contributed by atoms with Crippen molar-refractivity contribution in [2.24, 2.45) is 99.5 Å². The molecule has 4 atom stereocenters. The van der Waals surface area contributed by atoms with Gasteiger partial charge in [0, 0.05) is 146 Å². The summed E-state index contributed by atoms with van der Waals surface area (Å²) >= 11 is 0. The molecule has 4 saturated heterocycles. The van der Waals surface area contributed by atoms with Crippen LogP contribution in [0.15, 0.2) is 72.8 Å². The first-order valence-corrected chi connectivity index (χ1v) is 50.0. The van der Waals surface area contributed by atoms with Gasteiger partial charge in [-0.05, 0) is 92.6 Å². The van der Waals surface area contributed by atoms with Crippen LogP contribution in [0.5, 0.6) is 0 Å². The fourth-order valence-corrected chi connectivity index (χ4v) is 14.9. The van der Waals surface area contributed by atoms with Crippen LogP contribution in [0.1, 0.15) is 419 Å². The number of carbonyl (C=O) groups is 18. The van der Waals surface area contributed by atoms with Crippen LogP contribution in [-0.4, -0.2) is 135 Å². The van der Waals surface area contributed by atoms with Crippen molar-refractivity contribution in [2.45, 2.75) is 400 Å². The van der Waals surface area contributed by atoms with Crippen molar-refractivity contribution in [3.63, 3.8) is 0 Å². The number of Topliss-reactive ketones (excluding diaryl/α,β-unsaturated/α-hetero) is 9. The number of unbranched alkanes of at least 4 members (excludes halogenated alkanes) is 2. The summed E-state index contributed by atoms with van der Waals surface area (Å²) in [5.41, 5.74) is 0.889. The van der Waals surface area contributed by atoms with E-state index in [4.69, 9.17) is 0 Å². The molecular formula is C116H183N5O18. The Balaban J connectivity index is 0.000000822. The Labute approximate surface area is 837 Å². The molecule has 0 aromatic heterocycles. The van der Waals surface area contributed by atoms with Crippen molar-refractivity contribution in [2.75, 3.05) is 29.4 Å². The third-order valence-corrected chi connectivity index (χ3v) is 24.3. The van der Waals surface area contributed by atoms with Crippen LogP contribution in [0, 0.1) is 99.5 Å². The quantitative estimate of drug-likeness (QED) is 0.0443. The number of likely N-dealkylation sites (tertiary alicyclic amines) is 2. The SMILES string of the molecule is CC(C)(C)C(=O)CCCCCNC(=O)CCN1C(=O)CC(C(C)(C)C)C1=O.CC(C)(C)C(=O)CN1C(=O)CC(C(C)(C)C)C1=O.CC(C)(C)C(=O)Cc1ccc(N2C(=O)CC(C(C)(C)C)C2=O)cc1.CC(C)(C)C(=O)c1cccc(N2C(=O)CC(C(C)(C)C)C2=O)c1.CC(C)(C)CC(=O)C(C)(C)C.CC(C)(C)CC(=O)CCCC(=O)C(C)(C)C.CC(C)(C)CC(=O)Cc1ccc(C(=O)C(C)(C)C)cc1. The lowest BCUT2D eigenvalue weighted by Crippen LogP contribution is -2.40. The van der Waals surface area contributed by atoms with E-state index in [2.05, 4.69) is 67.6 Å². The van der Waals surface area contributed by atoms with Crippen LogP contribution in [0.25, 0.3) is 0 Å². The first kappa shape index (κ1) is 128. The van der Waals surface area contributed by atoms with Gasteiger partial charge in [0.15, 0.2) is 17.3 Å². The number of ketones is 9. The molecule has 7 rings (SSSR count). The molecule has 0 spiro atoms. The largest absolute Gasteiger partial charge is 0.356 e. The first-order valence-electron chi connectivity index (χ1n) is 50.0. The zero-order chi connectivity index (χ0) is 109. The van der Waals surface area contributed by atoms with Crippen molar-refractivity contribution in [1.29, 1.82) is 0 Å². The van der Waals surface area contributed by atoms with E-state index >= 15 is 0 Å². The van der Waals surface area contributed by atoms with Gasteiger partial charge in [0.25, 0.3) is 0 Å². The van der Waals surface area contributed by atoms with Gasteiger partial charge in [-0.3, -0.25) is 106 Å². The zero-order valence-electron chi connectivity index (χ0n) is 94.0. The average Bonchev–Trinajstić information content (AvgIpc) is 1.63. The lowest BCUT2D eigenvalue weighted by atomic mass is 9.80. The number of nitrogens with zero attached hydrogens (tertiary/aromatic N) is 4. The molecule has 0 saturated carbocycles. The van der Waals surface area contributed by atoms with Gasteiger partial charge in [0.2, 0.25) is 53.2 Å². The maximum Gasteiger partial charge on any atom is 0.237 e. The summed E-state index contributed by atoms with van der Waals surface area (Å²) in [6, 6.07) is 21.4. The van der Waals surface area contributed by atoms with E-state index in [0.29, 0.717) is 92.6 Å². The third-order valence-electron chi connectivity index (χ3n) is 24.3. The summed E-state index contributed by atoms with van der Waals surface area (Å²) in [5, 5.41) is 2.82. The number of hydrogen-bond acceptors (Lipinski definition) is 18. The van der Waals surface area contributed by atoms with E-state index in [9.17, 15) is 86.3 Å². The minimum atomic E-state index is -0.527. The van der Waals surface area contributed by atoms with Crippen LogP contribution >= 0.6 is 0 Å². The topological polar surface area (TPSA) is 332 Å². The molecule has 23 heteroatoms. The van der Waals surface area contributed by atoms with E-state index in [0.717, 1.165) is 35.3 Å². The Morgan fingerprint density at radius 3 is 1.01 bits per heavy atom. The number of anilines is 2. The fourth-order valence-electron chi connectivity index (χ4n) is 14.9. The molecule has 4 aliphatic heterocycles. The third kappa shape index (κ3) is 45.3. The van der Waals surface area contributed by atoms with Crippen LogP contribution < -0.4 is 15.1 Å². The Morgan fingerprint density at radius 1 is 0.295 bits per heavy atom. The van der Waals surface area contributed by atoms with Crippen molar-refractivity contribution in [1.82, 2.24) is 15.1 Å².